The van der Waals surface area contributed by atoms with Crippen molar-refractivity contribution >= 4 is 11.8 Å². The first-order chi connectivity index (χ1) is 12.8. The smallest absolute Gasteiger partial charge is 0.245 e. The van der Waals surface area contributed by atoms with E-state index in [1.165, 1.54) is 19.8 Å². The fourth-order valence-electron chi connectivity index (χ4n) is 3.88. The van der Waals surface area contributed by atoms with Crippen LogP contribution in [-0.2, 0) is 16.1 Å². The number of carbonyl (C=O) groups excluding carboxylic acids is 2. The second-order valence-corrected chi connectivity index (χ2v) is 8.89. The van der Waals surface area contributed by atoms with Crippen molar-refractivity contribution in [1.29, 1.82) is 0 Å². The van der Waals surface area contributed by atoms with Crippen molar-refractivity contribution < 1.29 is 9.59 Å². The molecule has 150 valence electrons. The van der Waals surface area contributed by atoms with E-state index in [2.05, 4.69) is 33.0 Å². The summed E-state index contributed by atoms with van der Waals surface area (Å²) in [6.07, 6.45) is 3.83. The lowest BCUT2D eigenvalue weighted by Crippen LogP contribution is -2.52. The first-order valence-electron chi connectivity index (χ1n) is 10.3. The van der Waals surface area contributed by atoms with Gasteiger partial charge in [-0.05, 0) is 37.5 Å². The van der Waals surface area contributed by atoms with E-state index in [4.69, 9.17) is 10.1 Å². The lowest BCUT2D eigenvalue weighted by molar-refractivity contribution is -0.140. The molecule has 0 spiro atoms. The number of hydrogen-bond acceptors (Lipinski definition) is 4. The average Bonchev–Trinajstić information content (AvgIpc) is 3.32. The van der Waals surface area contributed by atoms with E-state index in [0.29, 0.717) is 37.3 Å². The van der Waals surface area contributed by atoms with E-state index >= 15 is 0 Å². The maximum atomic E-state index is 13.4. The van der Waals surface area contributed by atoms with Crippen molar-refractivity contribution in [2.24, 2.45) is 11.8 Å². The lowest BCUT2D eigenvalue weighted by Gasteiger charge is -2.38. The van der Waals surface area contributed by atoms with E-state index in [0.717, 1.165) is 18.1 Å². The number of nitrogens with zero attached hydrogens (tertiary/aromatic N) is 4. The van der Waals surface area contributed by atoms with Crippen molar-refractivity contribution in [3.8, 4) is 0 Å². The van der Waals surface area contributed by atoms with E-state index < -0.39 is 6.04 Å². The highest BCUT2D eigenvalue weighted by molar-refractivity contribution is 5.87. The Kier molecular flexibility index (Phi) is 5.86. The van der Waals surface area contributed by atoms with Gasteiger partial charge in [0.05, 0.1) is 12.6 Å². The molecule has 2 heterocycles. The molecule has 2 amide bonds. The predicted octanol–water partition coefficient (Wildman–Crippen LogP) is 2.64. The average molecular weight is 376 g/mol. The largest absolute Gasteiger partial charge is 0.345 e. The van der Waals surface area contributed by atoms with E-state index in [9.17, 15) is 9.59 Å². The Bertz CT molecular complexity index is 693. The van der Waals surface area contributed by atoms with Gasteiger partial charge < -0.3 is 10.2 Å². The molecule has 27 heavy (non-hydrogen) atoms. The van der Waals surface area contributed by atoms with Gasteiger partial charge in [-0.2, -0.15) is 5.10 Å². The molecule has 7 heteroatoms. The van der Waals surface area contributed by atoms with E-state index in [1.54, 1.807) is 0 Å². The molecule has 0 bridgehead atoms. The van der Waals surface area contributed by atoms with Gasteiger partial charge in [0.25, 0.3) is 0 Å². The molecule has 0 unspecified atom stereocenters. The number of carbonyl (C=O) groups is 2. The van der Waals surface area contributed by atoms with E-state index in [1.807, 2.05) is 9.58 Å². The van der Waals surface area contributed by atoms with Gasteiger partial charge in [0.2, 0.25) is 11.8 Å². The zero-order valence-corrected chi connectivity index (χ0v) is 17.2. The second-order valence-electron chi connectivity index (χ2n) is 8.89. The molecular weight excluding hydrogens is 342 g/mol. The van der Waals surface area contributed by atoms with Gasteiger partial charge in [0.1, 0.15) is 11.9 Å². The lowest BCUT2D eigenvalue weighted by atomic mass is 9.97. The summed E-state index contributed by atoms with van der Waals surface area (Å²) >= 11 is 0. The molecule has 1 aliphatic heterocycles. The Morgan fingerprint density at radius 3 is 2.41 bits per heavy atom. The minimum Gasteiger partial charge on any atom is -0.345 e. The molecule has 1 aromatic rings. The normalized spacial score (nSPS) is 20.7. The minimum absolute atomic E-state index is 0.00627. The van der Waals surface area contributed by atoms with Gasteiger partial charge in [-0.15, -0.1) is 0 Å². The number of hydrogen-bond donors (Lipinski definition) is 1. The summed E-state index contributed by atoms with van der Waals surface area (Å²) in [5.41, 5.74) is 0. The van der Waals surface area contributed by atoms with Crippen LogP contribution in [0.5, 0.6) is 0 Å². The standard InChI is InChI=1S/C20H33N5O2/c1-12(2)10-16(21-14(5)26)20(27)24-8-9-25-19(17(24)11-13(3)4)22-18(23-25)15-6-7-15/h12-13,15-17H,6-11H2,1-5H3,(H,21,26)/t16-,17-/m0/s1. The first kappa shape index (κ1) is 19.8. The Balaban J connectivity index is 1.87. The van der Waals surface area contributed by atoms with Crippen LogP contribution in [0, 0.1) is 11.8 Å². The van der Waals surface area contributed by atoms with Crippen LogP contribution in [0.1, 0.15) is 83.9 Å². The Morgan fingerprint density at radius 2 is 1.85 bits per heavy atom. The van der Waals surface area contributed by atoms with Crippen molar-refractivity contribution in [2.75, 3.05) is 6.54 Å². The Morgan fingerprint density at radius 1 is 1.15 bits per heavy atom. The van der Waals surface area contributed by atoms with Crippen LogP contribution in [-0.4, -0.2) is 44.1 Å². The molecule has 2 atom stereocenters. The highest BCUT2D eigenvalue weighted by Crippen LogP contribution is 2.40. The zero-order valence-electron chi connectivity index (χ0n) is 17.2. The summed E-state index contributed by atoms with van der Waals surface area (Å²) in [5, 5.41) is 7.57. The summed E-state index contributed by atoms with van der Waals surface area (Å²) < 4.78 is 2.00. The molecule has 1 aromatic heterocycles. The van der Waals surface area contributed by atoms with Crippen LogP contribution < -0.4 is 5.32 Å². The second kappa shape index (κ2) is 7.98. The van der Waals surface area contributed by atoms with Crippen LogP contribution in [0.3, 0.4) is 0 Å². The van der Waals surface area contributed by atoms with Crippen molar-refractivity contribution in [3.63, 3.8) is 0 Å². The third-order valence-electron chi connectivity index (χ3n) is 5.25. The molecule has 7 nitrogen and oxygen atoms in total. The number of nitrogens with one attached hydrogen (secondary N) is 1. The number of fused-ring (bicyclic) bond motifs is 1. The van der Waals surface area contributed by atoms with Gasteiger partial charge >= 0.3 is 0 Å². The number of rotatable bonds is 7. The monoisotopic (exact) mass is 375 g/mol. The Hall–Kier alpha value is -1.92. The van der Waals surface area contributed by atoms with Crippen molar-refractivity contribution in [1.82, 2.24) is 25.0 Å². The molecule has 1 fully saturated rings. The molecule has 3 rings (SSSR count). The van der Waals surface area contributed by atoms with Gasteiger partial charge in [0, 0.05) is 19.4 Å². The van der Waals surface area contributed by atoms with Gasteiger partial charge in [-0.1, -0.05) is 27.7 Å². The maximum absolute atomic E-state index is 13.4. The summed E-state index contributed by atoms with van der Waals surface area (Å²) in [6.45, 7) is 11.2. The topological polar surface area (TPSA) is 80.1 Å². The number of aromatic nitrogens is 3. The van der Waals surface area contributed by atoms with Crippen LogP contribution in [0.4, 0.5) is 0 Å². The van der Waals surface area contributed by atoms with Crippen molar-refractivity contribution in [3.05, 3.63) is 11.6 Å². The summed E-state index contributed by atoms with van der Waals surface area (Å²) in [6, 6.07) is -0.552. The molecule has 0 aromatic carbocycles. The van der Waals surface area contributed by atoms with Gasteiger partial charge in [-0.25, -0.2) is 9.67 Å². The predicted molar refractivity (Wildman–Crippen MR) is 103 cm³/mol. The molecule has 2 aliphatic rings. The molecule has 1 saturated carbocycles. The highest BCUT2D eigenvalue weighted by atomic mass is 16.2. The van der Waals surface area contributed by atoms with Crippen LogP contribution in [0.15, 0.2) is 0 Å². The SMILES string of the molecule is CC(=O)N[C@@H](CC(C)C)C(=O)N1CCn2nc(C3CC3)nc2[C@@H]1CC(C)C. The third-order valence-corrected chi connectivity index (χ3v) is 5.25. The molecule has 1 N–H and O–H groups in total. The van der Waals surface area contributed by atoms with Gasteiger partial charge in [-0.3, -0.25) is 9.59 Å². The minimum atomic E-state index is -0.477. The van der Waals surface area contributed by atoms with Crippen LogP contribution in [0.2, 0.25) is 0 Å². The highest BCUT2D eigenvalue weighted by Gasteiger charge is 2.39. The quantitative estimate of drug-likeness (QED) is 0.794. The maximum Gasteiger partial charge on any atom is 0.245 e. The fourth-order valence-corrected chi connectivity index (χ4v) is 3.88. The summed E-state index contributed by atoms with van der Waals surface area (Å²) in [5.74, 6) is 2.95. The van der Waals surface area contributed by atoms with Crippen LogP contribution >= 0.6 is 0 Å². The van der Waals surface area contributed by atoms with Crippen molar-refractivity contribution in [2.45, 2.75) is 84.8 Å². The zero-order chi connectivity index (χ0) is 19.7. The summed E-state index contributed by atoms with van der Waals surface area (Å²) in [7, 11) is 0. The van der Waals surface area contributed by atoms with Crippen LogP contribution in [0.25, 0.3) is 0 Å². The first-order valence-corrected chi connectivity index (χ1v) is 10.3. The molecule has 1 aliphatic carbocycles. The summed E-state index contributed by atoms with van der Waals surface area (Å²) in [4.78, 5) is 31.8. The Labute approximate surface area is 161 Å². The number of amides is 2. The van der Waals surface area contributed by atoms with Gasteiger partial charge in [0.15, 0.2) is 5.82 Å². The molecular formula is C20H33N5O2. The fraction of sp³-hybridized carbons (Fsp3) is 0.800. The van der Waals surface area contributed by atoms with E-state index in [-0.39, 0.29) is 17.9 Å². The molecule has 0 radical (unpaired) electrons. The molecule has 0 saturated heterocycles. The third kappa shape index (κ3) is 4.68.